The van der Waals surface area contributed by atoms with Crippen molar-refractivity contribution in [1.29, 1.82) is 0 Å². The molecule has 0 aliphatic heterocycles. The number of furan rings is 1. The van der Waals surface area contributed by atoms with Crippen LogP contribution in [0.2, 0.25) is 0 Å². The highest BCUT2D eigenvalue weighted by Gasteiger charge is 2.43. The van der Waals surface area contributed by atoms with Crippen molar-refractivity contribution in [3.63, 3.8) is 0 Å². The Kier molecular flexibility index (Phi) is 4.59. The van der Waals surface area contributed by atoms with Crippen LogP contribution in [0.15, 0.2) is 76.5 Å². The topological polar surface area (TPSA) is 51.8 Å². The Morgan fingerprint density at radius 1 is 1.11 bits per heavy atom. The molecule has 1 saturated carbocycles. The van der Waals surface area contributed by atoms with Gasteiger partial charge in [-0.3, -0.25) is 0 Å². The van der Waals surface area contributed by atoms with Gasteiger partial charge in [-0.05, 0) is 54.7 Å². The van der Waals surface area contributed by atoms with Gasteiger partial charge in [0.1, 0.15) is 5.82 Å². The van der Waals surface area contributed by atoms with Crippen LogP contribution in [0.25, 0.3) is 0 Å². The second kappa shape index (κ2) is 7.19. The van der Waals surface area contributed by atoms with E-state index in [1.165, 1.54) is 35.6 Å². The summed E-state index contributed by atoms with van der Waals surface area (Å²) in [6.45, 7) is 2.05. The Labute approximate surface area is 156 Å². The summed E-state index contributed by atoms with van der Waals surface area (Å²) in [4.78, 5) is 17.1. The number of hydrogen-bond acceptors (Lipinski definition) is 4. The smallest absolute Gasteiger partial charge is 0.400 e. The van der Waals surface area contributed by atoms with E-state index in [1.807, 2.05) is 6.92 Å². The highest BCUT2D eigenvalue weighted by Crippen LogP contribution is 2.49. The molecule has 5 heteroatoms. The van der Waals surface area contributed by atoms with Crippen LogP contribution in [0.1, 0.15) is 39.6 Å². The third kappa shape index (κ3) is 3.82. The maximum absolute atomic E-state index is 13.3. The van der Waals surface area contributed by atoms with Gasteiger partial charge >= 0.3 is 5.97 Å². The number of halogens is 1. The molecule has 3 aromatic rings. The zero-order valence-electron chi connectivity index (χ0n) is 14.8. The molecular weight excluding hydrogens is 345 g/mol. The number of benzene rings is 2. The van der Waals surface area contributed by atoms with Gasteiger partial charge in [-0.2, -0.15) is 0 Å². The number of nitrogens with zero attached hydrogens (tertiary/aromatic N) is 1. The van der Waals surface area contributed by atoms with Gasteiger partial charge in [0.2, 0.25) is 5.76 Å². The van der Waals surface area contributed by atoms with Crippen molar-refractivity contribution in [1.82, 2.24) is 0 Å². The molecule has 1 aliphatic carbocycles. The predicted octanol–water partition coefficient (Wildman–Crippen LogP) is 5.09. The molecule has 4 nitrogen and oxygen atoms in total. The fourth-order valence-electron chi connectivity index (χ4n) is 3.16. The molecule has 2 atom stereocenters. The zero-order valence-corrected chi connectivity index (χ0v) is 14.8. The summed E-state index contributed by atoms with van der Waals surface area (Å²) in [5.41, 5.74) is 3.80. The van der Waals surface area contributed by atoms with Crippen LogP contribution in [0.5, 0.6) is 0 Å². The minimum Gasteiger partial charge on any atom is -0.457 e. The summed E-state index contributed by atoms with van der Waals surface area (Å²) in [5.74, 6) is -0.480. The molecule has 0 amide bonds. The summed E-state index contributed by atoms with van der Waals surface area (Å²) < 4.78 is 18.3. The first kappa shape index (κ1) is 17.2. The van der Waals surface area contributed by atoms with E-state index in [4.69, 9.17) is 9.25 Å². The first-order valence-corrected chi connectivity index (χ1v) is 8.77. The minimum absolute atomic E-state index is 0.0862. The molecule has 0 radical (unpaired) electrons. The van der Waals surface area contributed by atoms with Crippen LogP contribution >= 0.6 is 0 Å². The van der Waals surface area contributed by atoms with E-state index >= 15 is 0 Å². The van der Waals surface area contributed by atoms with Crippen molar-refractivity contribution in [3.05, 3.63) is 95.2 Å². The molecule has 0 unspecified atom stereocenters. The number of carbonyl (C=O) groups is 1. The highest BCUT2D eigenvalue weighted by molar-refractivity contribution is 6.04. The Hall–Kier alpha value is -3.21. The summed E-state index contributed by atoms with van der Waals surface area (Å²) in [5, 5.41) is 4.12. The molecule has 0 spiro atoms. The van der Waals surface area contributed by atoms with Gasteiger partial charge in [0.05, 0.1) is 12.0 Å². The number of rotatable bonds is 5. The first-order chi connectivity index (χ1) is 13.1. The van der Waals surface area contributed by atoms with Gasteiger partial charge in [0, 0.05) is 5.92 Å². The lowest BCUT2D eigenvalue weighted by atomic mass is 10.0. The summed E-state index contributed by atoms with van der Waals surface area (Å²) in [6, 6.07) is 17.6. The molecule has 0 bridgehead atoms. The summed E-state index contributed by atoms with van der Waals surface area (Å²) in [6.07, 6.45) is 2.30. The number of hydrogen-bond donors (Lipinski definition) is 0. The first-order valence-electron chi connectivity index (χ1n) is 8.77. The molecule has 1 heterocycles. The van der Waals surface area contributed by atoms with Crippen molar-refractivity contribution in [3.8, 4) is 0 Å². The van der Waals surface area contributed by atoms with E-state index in [0.717, 1.165) is 12.0 Å². The van der Waals surface area contributed by atoms with E-state index in [0.29, 0.717) is 11.6 Å². The standard InChI is InChI=1S/C22H18FNO3/c1-14-4-6-15(7-5-14)18-13-19(18)21(16-8-10-17(23)11-9-16)24-27-22(25)20-3-2-12-26-20/h2-12,18-19H,13H2,1H3/b24-21-/t18-,19+/m1/s1. The van der Waals surface area contributed by atoms with E-state index in [-0.39, 0.29) is 17.5 Å². The van der Waals surface area contributed by atoms with E-state index in [1.54, 1.807) is 18.2 Å². The lowest BCUT2D eigenvalue weighted by Crippen LogP contribution is -2.09. The fourth-order valence-corrected chi connectivity index (χ4v) is 3.16. The number of aryl methyl sites for hydroxylation is 1. The van der Waals surface area contributed by atoms with Gasteiger partial charge < -0.3 is 9.25 Å². The van der Waals surface area contributed by atoms with Crippen molar-refractivity contribution >= 4 is 11.7 Å². The fraction of sp³-hybridized carbons (Fsp3) is 0.182. The molecule has 136 valence electrons. The third-order valence-corrected chi connectivity index (χ3v) is 4.74. The second-order valence-corrected chi connectivity index (χ2v) is 6.70. The number of oxime groups is 1. The largest absolute Gasteiger partial charge is 0.457 e. The molecule has 0 N–H and O–H groups in total. The van der Waals surface area contributed by atoms with Crippen LogP contribution in [0.3, 0.4) is 0 Å². The van der Waals surface area contributed by atoms with Crippen LogP contribution < -0.4 is 0 Å². The molecule has 1 aliphatic rings. The lowest BCUT2D eigenvalue weighted by Gasteiger charge is -2.07. The van der Waals surface area contributed by atoms with E-state index in [2.05, 4.69) is 29.4 Å². The average Bonchev–Trinajstić information content (AvgIpc) is 3.25. The Morgan fingerprint density at radius 2 is 1.85 bits per heavy atom. The second-order valence-electron chi connectivity index (χ2n) is 6.70. The molecular formula is C22H18FNO3. The molecule has 2 aromatic carbocycles. The molecule has 4 rings (SSSR count). The lowest BCUT2D eigenvalue weighted by molar-refractivity contribution is 0.0479. The Morgan fingerprint density at radius 3 is 2.52 bits per heavy atom. The number of carbonyl (C=O) groups excluding carboxylic acids is 1. The quantitative estimate of drug-likeness (QED) is 0.360. The summed E-state index contributed by atoms with van der Waals surface area (Å²) >= 11 is 0. The SMILES string of the molecule is Cc1ccc([C@H]2C[C@@H]2/C(=N\OC(=O)c2ccco2)c2ccc(F)cc2)cc1. The monoisotopic (exact) mass is 363 g/mol. The average molecular weight is 363 g/mol. The Balaban J connectivity index is 1.59. The Bertz CT molecular complexity index is 960. The molecule has 27 heavy (non-hydrogen) atoms. The normalized spacial score (nSPS) is 19.0. The maximum Gasteiger partial charge on any atom is 0.400 e. The van der Waals surface area contributed by atoms with Gasteiger partial charge in [0.25, 0.3) is 0 Å². The van der Waals surface area contributed by atoms with Crippen LogP contribution in [-0.4, -0.2) is 11.7 Å². The highest BCUT2D eigenvalue weighted by atomic mass is 19.1. The molecule has 1 fully saturated rings. The maximum atomic E-state index is 13.3. The van der Waals surface area contributed by atoms with Crippen LogP contribution in [-0.2, 0) is 4.84 Å². The van der Waals surface area contributed by atoms with Gasteiger partial charge in [-0.1, -0.05) is 47.1 Å². The third-order valence-electron chi connectivity index (χ3n) is 4.74. The van der Waals surface area contributed by atoms with Gasteiger partial charge in [0.15, 0.2) is 0 Å². The molecule has 0 saturated heterocycles. The van der Waals surface area contributed by atoms with E-state index in [9.17, 15) is 9.18 Å². The minimum atomic E-state index is -0.660. The van der Waals surface area contributed by atoms with Crippen molar-refractivity contribution in [2.75, 3.05) is 0 Å². The van der Waals surface area contributed by atoms with Gasteiger partial charge in [-0.15, -0.1) is 0 Å². The van der Waals surface area contributed by atoms with E-state index < -0.39 is 5.97 Å². The van der Waals surface area contributed by atoms with Crippen molar-refractivity contribution < 1.29 is 18.4 Å². The zero-order chi connectivity index (χ0) is 18.8. The molecule has 1 aromatic heterocycles. The van der Waals surface area contributed by atoms with Gasteiger partial charge in [-0.25, -0.2) is 9.18 Å². The van der Waals surface area contributed by atoms with Crippen LogP contribution in [0.4, 0.5) is 4.39 Å². The van der Waals surface area contributed by atoms with Crippen LogP contribution in [0, 0.1) is 18.7 Å². The summed E-state index contributed by atoms with van der Waals surface area (Å²) in [7, 11) is 0. The predicted molar refractivity (Wildman–Crippen MR) is 99.1 cm³/mol. The van der Waals surface area contributed by atoms with Crippen molar-refractivity contribution in [2.45, 2.75) is 19.3 Å². The van der Waals surface area contributed by atoms with Crippen molar-refractivity contribution in [2.24, 2.45) is 11.1 Å².